The molecule has 0 fully saturated rings. The molecular weight excluding hydrogens is 353 g/mol. The highest BCUT2D eigenvalue weighted by molar-refractivity contribution is 7.93. The summed E-state index contributed by atoms with van der Waals surface area (Å²) in [7, 11) is 1.82. The lowest BCUT2D eigenvalue weighted by Crippen LogP contribution is -1.94. The van der Waals surface area contributed by atoms with E-state index < -0.39 is 0 Å². The number of rotatable bonds is 4. The van der Waals surface area contributed by atoms with Gasteiger partial charge >= 0.3 is 0 Å². The zero-order valence-corrected chi connectivity index (χ0v) is 14.4. The molecule has 0 spiro atoms. The minimum absolute atomic E-state index is 0.100. The van der Waals surface area contributed by atoms with Crippen molar-refractivity contribution in [2.24, 2.45) is 7.05 Å². The predicted molar refractivity (Wildman–Crippen MR) is 98.3 cm³/mol. The molecule has 4 rings (SSSR count). The highest BCUT2D eigenvalue weighted by Gasteiger charge is 2.14. The zero-order chi connectivity index (χ0) is 18.1. The largest absolute Gasteiger partial charge is 0.338 e. The molecule has 4 heterocycles. The van der Waals surface area contributed by atoms with E-state index in [0.29, 0.717) is 22.6 Å². The van der Waals surface area contributed by atoms with Gasteiger partial charge < -0.3 is 5.32 Å². The van der Waals surface area contributed by atoms with Gasteiger partial charge in [0.2, 0.25) is 0 Å². The summed E-state index contributed by atoms with van der Waals surface area (Å²) in [6, 6.07) is 8.97. The fraction of sp³-hybridized carbons (Fsp3) is 0.0588. The highest BCUT2D eigenvalue weighted by atomic mass is 32.2. The van der Waals surface area contributed by atoms with Crippen LogP contribution in [0.25, 0.3) is 22.2 Å². The Morgan fingerprint density at radius 2 is 2.12 bits per heavy atom. The first-order valence-electron chi connectivity index (χ1n) is 7.61. The lowest BCUT2D eigenvalue weighted by Gasteiger charge is -2.06. The molecule has 0 amide bonds. The summed E-state index contributed by atoms with van der Waals surface area (Å²) in [6.45, 7) is 0. The summed E-state index contributed by atoms with van der Waals surface area (Å²) in [5, 5.41) is 17.1. The number of nitriles is 1. The molecule has 0 aliphatic carbocycles. The van der Waals surface area contributed by atoms with Crippen molar-refractivity contribution in [1.29, 1.82) is 5.26 Å². The molecule has 0 unspecified atom stereocenters. The standard InChI is InChI=1S/C17H12FN7S/c1-24-10-14(9-22-24)23-17-6-16-12(8-21-17)5-15(25(16)26-18)11-2-3-20-13(4-11)7-19/h2-6,8-10H,1H3,(H,21,23). The van der Waals surface area contributed by atoms with Gasteiger partial charge in [-0.15, -0.1) is 3.89 Å². The maximum Gasteiger partial charge on any atom is 0.170 e. The Kier molecular flexibility index (Phi) is 4.02. The zero-order valence-electron chi connectivity index (χ0n) is 13.6. The Morgan fingerprint density at radius 3 is 2.85 bits per heavy atom. The molecule has 0 saturated heterocycles. The Hall–Kier alpha value is -3.38. The van der Waals surface area contributed by atoms with Gasteiger partial charge in [-0.1, -0.05) is 0 Å². The Balaban J connectivity index is 1.79. The molecule has 0 atom stereocenters. The predicted octanol–water partition coefficient (Wildman–Crippen LogP) is 3.83. The molecule has 0 saturated carbocycles. The van der Waals surface area contributed by atoms with Gasteiger partial charge in [0.05, 0.1) is 23.1 Å². The molecule has 128 valence electrons. The van der Waals surface area contributed by atoms with E-state index >= 15 is 0 Å². The maximum absolute atomic E-state index is 13.7. The highest BCUT2D eigenvalue weighted by Crippen LogP contribution is 2.33. The van der Waals surface area contributed by atoms with E-state index in [-0.39, 0.29) is 18.0 Å². The van der Waals surface area contributed by atoms with Gasteiger partial charge in [-0.3, -0.25) is 8.65 Å². The summed E-state index contributed by atoms with van der Waals surface area (Å²) in [5.41, 5.74) is 3.08. The quantitative estimate of drug-likeness (QED) is 0.592. The third-order valence-corrected chi connectivity index (χ3v) is 4.39. The van der Waals surface area contributed by atoms with Crippen LogP contribution in [0.4, 0.5) is 15.4 Å². The third kappa shape index (κ3) is 2.87. The van der Waals surface area contributed by atoms with Gasteiger partial charge in [0.1, 0.15) is 17.6 Å². The summed E-state index contributed by atoms with van der Waals surface area (Å²) in [4.78, 5) is 8.32. The lowest BCUT2D eigenvalue weighted by atomic mass is 10.1. The summed E-state index contributed by atoms with van der Waals surface area (Å²) >= 11 is 0.100. The SMILES string of the molecule is Cn1cc(Nc2cc3c(cn2)cc(-c2ccnc(C#N)c2)n3SF)cn1. The average Bonchev–Trinajstić information content (AvgIpc) is 3.24. The number of hydrogen-bond donors (Lipinski definition) is 1. The van der Waals surface area contributed by atoms with Crippen LogP contribution in [-0.2, 0) is 7.05 Å². The Morgan fingerprint density at radius 1 is 1.23 bits per heavy atom. The van der Waals surface area contributed by atoms with E-state index in [9.17, 15) is 3.89 Å². The Labute approximate surface area is 152 Å². The van der Waals surface area contributed by atoms with E-state index in [0.717, 1.165) is 11.1 Å². The molecule has 9 heteroatoms. The van der Waals surface area contributed by atoms with Crippen molar-refractivity contribution < 1.29 is 3.89 Å². The molecule has 4 aromatic rings. The molecular formula is C17H12FN7S. The normalized spacial score (nSPS) is 10.8. The van der Waals surface area contributed by atoms with Crippen LogP contribution >= 0.6 is 12.3 Å². The van der Waals surface area contributed by atoms with E-state index in [1.807, 2.05) is 25.4 Å². The second-order valence-corrected chi connectivity index (χ2v) is 6.09. The van der Waals surface area contributed by atoms with Crippen molar-refractivity contribution in [3.05, 3.63) is 54.7 Å². The van der Waals surface area contributed by atoms with Crippen LogP contribution in [-0.4, -0.2) is 23.7 Å². The molecule has 0 aliphatic rings. The average molecular weight is 365 g/mol. The fourth-order valence-electron chi connectivity index (χ4n) is 2.71. The van der Waals surface area contributed by atoms with Gasteiger partial charge in [0, 0.05) is 42.7 Å². The number of fused-ring (bicyclic) bond motifs is 1. The van der Waals surface area contributed by atoms with E-state index in [2.05, 4.69) is 20.4 Å². The van der Waals surface area contributed by atoms with Crippen molar-refractivity contribution in [1.82, 2.24) is 23.7 Å². The van der Waals surface area contributed by atoms with E-state index in [4.69, 9.17) is 5.26 Å². The third-order valence-electron chi connectivity index (χ3n) is 3.86. The van der Waals surface area contributed by atoms with Crippen molar-refractivity contribution in [2.45, 2.75) is 0 Å². The number of pyridine rings is 2. The monoisotopic (exact) mass is 365 g/mol. The van der Waals surface area contributed by atoms with E-state index in [1.54, 1.807) is 35.3 Å². The molecule has 0 radical (unpaired) electrons. The second kappa shape index (κ2) is 6.50. The lowest BCUT2D eigenvalue weighted by molar-refractivity contribution is 0.768. The number of aryl methyl sites for hydroxylation is 1. The minimum atomic E-state index is 0.100. The first-order chi connectivity index (χ1) is 12.7. The van der Waals surface area contributed by atoms with Gasteiger partial charge in [0.15, 0.2) is 12.3 Å². The van der Waals surface area contributed by atoms with Crippen LogP contribution in [0, 0.1) is 11.3 Å². The number of nitrogens with one attached hydrogen (secondary N) is 1. The van der Waals surface area contributed by atoms with Crippen molar-refractivity contribution in [3.63, 3.8) is 0 Å². The molecule has 1 N–H and O–H groups in total. The number of hydrogen-bond acceptors (Lipinski definition) is 6. The number of anilines is 2. The molecule has 4 aromatic heterocycles. The summed E-state index contributed by atoms with van der Waals surface area (Å²) < 4.78 is 16.9. The number of nitrogens with zero attached hydrogens (tertiary/aromatic N) is 6. The summed E-state index contributed by atoms with van der Waals surface area (Å²) in [5.74, 6) is 0.581. The molecule has 26 heavy (non-hydrogen) atoms. The van der Waals surface area contributed by atoms with Gasteiger partial charge in [-0.2, -0.15) is 10.4 Å². The topological polar surface area (TPSA) is 84.4 Å². The summed E-state index contributed by atoms with van der Waals surface area (Å²) in [6.07, 6.45) is 6.71. The number of aromatic nitrogens is 5. The van der Waals surface area contributed by atoms with E-state index in [1.165, 1.54) is 10.2 Å². The smallest absolute Gasteiger partial charge is 0.170 e. The van der Waals surface area contributed by atoms with Crippen LogP contribution in [0.5, 0.6) is 0 Å². The Bertz CT molecular complexity index is 1140. The molecule has 0 bridgehead atoms. The first kappa shape index (κ1) is 16.1. The molecule has 0 aromatic carbocycles. The molecule has 0 aliphatic heterocycles. The van der Waals surface area contributed by atoms with Crippen LogP contribution in [0.3, 0.4) is 0 Å². The van der Waals surface area contributed by atoms with Gasteiger partial charge in [-0.25, -0.2) is 9.97 Å². The number of halogens is 1. The maximum atomic E-state index is 13.7. The van der Waals surface area contributed by atoms with Gasteiger partial charge in [0.25, 0.3) is 0 Å². The van der Waals surface area contributed by atoms with Crippen molar-refractivity contribution >= 4 is 34.7 Å². The second-order valence-electron chi connectivity index (χ2n) is 5.59. The van der Waals surface area contributed by atoms with Crippen LogP contribution in [0.15, 0.2) is 49.1 Å². The fourth-order valence-corrected chi connectivity index (χ4v) is 3.17. The molecule has 7 nitrogen and oxygen atoms in total. The minimum Gasteiger partial charge on any atom is -0.338 e. The van der Waals surface area contributed by atoms with Gasteiger partial charge in [-0.05, 0) is 18.2 Å². The van der Waals surface area contributed by atoms with Crippen LogP contribution in [0.1, 0.15) is 5.69 Å². The van der Waals surface area contributed by atoms with Crippen LogP contribution in [0.2, 0.25) is 0 Å². The van der Waals surface area contributed by atoms with Crippen LogP contribution < -0.4 is 5.32 Å². The first-order valence-corrected chi connectivity index (χ1v) is 8.28. The van der Waals surface area contributed by atoms with Crippen molar-refractivity contribution in [3.8, 4) is 17.3 Å². The van der Waals surface area contributed by atoms with Crippen molar-refractivity contribution in [2.75, 3.05) is 5.32 Å².